The molecule has 1 aliphatic heterocycles. The minimum atomic E-state index is -0.283. The molecule has 0 amide bonds. The van der Waals surface area contributed by atoms with E-state index < -0.39 is 0 Å². The molecule has 0 unspecified atom stereocenters. The van der Waals surface area contributed by atoms with Crippen molar-refractivity contribution in [1.82, 2.24) is 19.5 Å². The summed E-state index contributed by atoms with van der Waals surface area (Å²) in [5.74, 6) is 1.34. The van der Waals surface area contributed by atoms with Crippen molar-refractivity contribution >= 4 is 34.3 Å². The molecular weight excluding hydrogens is 454 g/mol. The summed E-state index contributed by atoms with van der Waals surface area (Å²) in [5.41, 5.74) is 1.83. The Bertz CT molecular complexity index is 1210. The van der Waals surface area contributed by atoms with Crippen LogP contribution in [-0.2, 0) is 7.05 Å². The highest BCUT2D eigenvalue weighted by molar-refractivity contribution is 6.29. The van der Waals surface area contributed by atoms with Gasteiger partial charge in [-0.3, -0.25) is 4.79 Å². The van der Waals surface area contributed by atoms with E-state index in [1.54, 1.807) is 31.6 Å². The summed E-state index contributed by atoms with van der Waals surface area (Å²) in [4.78, 5) is 27.0. The molecule has 0 bridgehead atoms. The lowest BCUT2D eigenvalue weighted by Crippen LogP contribution is -2.33. The number of aryl methyl sites for hydroxylation is 1. The maximum atomic E-state index is 12.4. The molecule has 4 heterocycles. The van der Waals surface area contributed by atoms with Crippen LogP contribution in [-0.4, -0.2) is 45.3 Å². The Kier molecular flexibility index (Phi) is 8.66. The summed E-state index contributed by atoms with van der Waals surface area (Å²) in [6.07, 6.45) is 6.80. The second-order valence-corrected chi connectivity index (χ2v) is 8.58. The Morgan fingerprint density at radius 3 is 2.47 bits per heavy atom. The molecule has 1 N–H and O–H groups in total. The van der Waals surface area contributed by atoms with Crippen LogP contribution in [0.5, 0.6) is 5.75 Å². The maximum Gasteiger partial charge on any atom is 0.270 e. The number of nitrogens with one attached hydrogen (secondary N) is 1. The maximum absolute atomic E-state index is 12.4. The fourth-order valence-electron chi connectivity index (χ4n) is 3.79. The molecule has 10 heteroatoms. The predicted molar refractivity (Wildman–Crippen MR) is 135 cm³/mol. The third-order valence-electron chi connectivity index (χ3n) is 5.30. The van der Waals surface area contributed by atoms with Gasteiger partial charge in [-0.05, 0) is 52.2 Å². The monoisotopic (exact) mass is 483 g/mol. The molecule has 1 aliphatic rings. The van der Waals surface area contributed by atoms with Gasteiger partial charge < -0.3 is 19.5 Å². The van der Waals surface area contributed by atoms with Crippen molar-refractivity contribution in [2.45, 2.75) is 46.1 Å². The Hall–Kier alpha value is -3.38. The van der Waals surface area contributed by atoms with Crippen LogP contribution in [0.3, 0.4) is 0 Å². The van der Waals surface area contributed by atoms with Gasteiger partial charge in [0.15, 0.2) is 5.75 Å². The van der Waals surface area contributed by atoms with E-state index in [0.717, 1.165) is 32.5 Å². The van der Waals surface area contributed by atoms with Crippen molar-refractivity contribution in [3.8, 4) is 11.8 Å². The van der Waals surface area contributed by atoms with Crippen molar-refractivity contribution in [1.29, 1.82) is 5.26 Å². The van der Waals surface area contributed by atoms with Gasteiger partial charge in [-0.2, -0.15) is 5.26 Å². The smallest absolute Gasteiger partial charge is 0.270 e. The van der Waals surface area contributed by atoms with Gasteiger partial charge in [0, 0.05) is 26.7 Å². The largest absolute Gasteiger partial charge is 0.488 e. The molecule has 1 saturated heterocycles. The van der Waals surface area contributed by atoms with Gasteiger partial charge in [-0.25, -0.2) is 15.0 Å². The number of piperidine rings is 1. The van der Waals surface area contributed by atoms with E-state index in [9.17, 15) is 10.1 Å². The number of hydrogen-bond acceptors (Lipinski definition) is 8. The van der Waals surface area contributed by atoms with E-state index in [1.165, 1.54) is 11.0 Å². The van der Waals surface area contributed by atoms with E-state index in [1.807, 2.05) is 20.8 Å². The van der Waals surface area contributed by atoms with Gasteiger partial charge in [0.25, 0.3) is 5.56 Å². The zero-order chi connectivity index (χ0) is 24.7. The van der Waals surface area contributed by atoms with Crippen LogP contribution in [0.25, 0.3) is 11.0 Å². The lowest BCUT2D eigenvalue weighted by Gasteiger charge is -2.30. The molecule has 34 heavy (non-hydrogen) atoms. The van der Waals surface area contributed by atoms with Gasteiger partial charge >= 0.3 is 0 Å². The summed E-state index contributed by atoms with van der Waals surface area (Å²) >= 11 is 6.02. The highest BCUT2D eigenvalue weighted by Crippen LogP contribution is 2.30. The molecule has 0 aliphatic carbocycles. The molecule has 0 saturated carbocycles. The number of hydrogen-bond donors (Lipinski definition) is 1. The first-order valence-electron chi connectivity index (χ1n) is 11.4. The van der Waals surface area contributed by atoms with Crippen LogP contribution in [0.1, 0.15) is 45.6 Å². The molecule has 0 radical (unpaired) electrons. The molecule has 3 aromatic heterocycles. The molecule has 0 spiro atoms. The van der Waals surface area contributed by atoms with Gasteiger partial charge in [0.2, 0.25) is 5.95 Å². The second kappa shape index (κ2) is 11.7. The van der Waals surface area contributed by atoms with Crippen LogP contribution < -0.4 is 20.5 Å². The fraction of sp³-hybridized carbons (Fsp3) is 0.458. The normalized spacial score (nSPS) is 13.3. The Morgan fingerprint density at radius 1 is 1.21 bits per heavy atom. The molecule has 0 atom stereocenters. The topological polar surface area (TPSA) is 109 Å². The molecular formula is C24H30ClN7O2. The minimum Gasteiger partial charge on any atom is -0.488 e. The fourth-order valence-corrected chi connectivity index (χ4v) is 3.94. The zero-order valence-electron chi connectivity index (χ0n) is 20.0. The number of aromatic nitrogens is 4. The second-order valence-electron chi connectivity index (χ2n) is 8.19. The van der Waals surface area contributed by atoms with Crippen LogP contribution in [0.4, 0.5) is 11.6 Å². The van der Waals surface area contributed by atoms with Crippen molar-refractivity contribution in [3.63, 3.8) is 0 Å². The van der Waals surface area contributed by atoms with E-state index in [0.29, 0.717) is 33.6 Å². The quantitative estimate of drug-likeness (QED) is 0.539. The first kappa shape index (κ1) is 25.2. The molecule has 3 aromatic rings. The first-order valence-corrected chi connectivity index (χ1v) is 11.8. The Labute approximate surface area is 204 Å². The van der Waals surface area contributed by atoms with Crippen LogP contribution in [0, 0.1) is 11.3 Å². The summed E-state index contributed by atoms with van der Waals surface area (Å²) < 4.78 is 6.86. The van der Waals surface area contributed by atoms with Gasteiger partial charge in [0.05, 0.1) is 29.7 Å². The SMILES string of the molecule is CCNc1ncc(OC(C)C)cn1.Cn1c(=O)c(C#N)c(N2CCCCC2)c2nc(Cl)ccc21. The number of nitrogens with zero attached hydrogens (tertiary/aromatic N) is 6. The molecule has 4 rings (SSSR count). The minimum absolute atomic E-state index is 0.154. The van der Waals surface area contributed by atoms with Crippen LogP contribution >= 0.6 is 11.6 Å². The third kappa shape index (κ3) is 5.94. The zero-order valence-corrected chi connectivity index (χ0v) is 20.8. The lowest BCUT2D eigenvalue weighted by atomic mass is 10.1. The average molecular weight is 484 g/mol. The van der Waals surface area contributed by atoms with E-state index in [4.69, 9.17) is 16.3 Å². The summed E-state index contributed by atoms with van der Waals surface area (Å²) in [6, 6.07) is 5.50. The molecule has 1 fully saturated rings. The highest BCUT2D eigenvalue weighted by Gasteiger charge is 2.23. The van der Waals surface area contributed by atoms with Crippen molar-refractivity contribution in [3.05, 3.63) is 45.6 Å². The molecule has 0 aromatic carbocycles. The Morgan fingerprint density at radius 2 is 1.88 bits per heavy atom. The summed E-state index contributed by atoms with van der Waals surface area (Å²) in [5, 5.41) is 12.8. The van der Waals surface area contributed by atoms with Gasteiger partial charge in [0.1, 0.15) is 22.3 Å². The highest BCUT2D eigenvalue weighted by atomic mass is 35.5. The van der Waals surface area contributed by atoms with E-state index in [-0.39, 0.29) is 17.2 Å². The van der Waals surface area contributed by atoms with Gasteiger partial charge in [-0.1, -0.05) is 11.6 Å². The first-order chi connectivity index (χ1) is 16.3. The van der Waals surface area contributed by atoms with Crippen molar-refractivity contribution in [2.24, 2.45) is 7.05 Å². The standard InChI is InChI=1S/C15H15ClN4O.C9H15N3O/c1-19-11-5-6-12(16)18-13(11)14(10(9-17)15(19)21)20-7-3-2-4-8-20;1-4-10-9-11-5-8(6-12-9)13-7(2)3/h5-6H,2-4,7-8H2,1H3;5-7H,4H2,1-3H3,(H,10,11,12). The molecule has 9 nitrogen and oxygen atoms in total. The van der Waals surface area contributed by atoms with E-state index in [2.05, 4.69) is 31.2 Å². The van der Waals surface area contributed by atoms with Crippen LogP contribution in [0.15, 0.2) is 29.3 Å². The van der Waals surface area contributed by atoms with Gasteiger partial charge in [-0.15, -0.1) is 0 Å². The number of fused-ring (bicyclic) bond motifs is 1. The van der Waals surface area contributed by atoms with Crippen LogP contribution in [0.2, 0.25) is 5.15 Å². The number of pyridine rings is 2. The number of halogens is 1. The lowest BCUT2D eigenvalue weighted by molar-refractivity contribution is 0.240. The number of nitriles is 1. The summed E-state index contributed by atoms with van der Waals surface area (Å²) in [6.45, 7) is 8.44. The number of ether oxygens (including phenoxy) is 1. The Balaban J connectivity index is 0.000000215. The number of rotatable bonds is 5. The predicted octanol–water partition coefficient (Wildman–Crippen LogP) is 4.14. The van der Waals surface area contributed by atoms with Crippen molar-refractivity contribution < 1.29 is 4.74 Å². The van der Waals surface area contributed by atoms with Crippen molar-refractivity contribution in [2.75, 3.05) is 29.9 Å². The third-order valence-corrected chi connectivity index (χ3v) is 5.51. The molecule has 180 valence electrons. The number of anilines is 2. The average Bonchev–Trinajstić information content (AvgIpc) is 2.83. The summed E-state index contributed by atoms with van der Waals surface area (Å²) in [7, 11) is 1.65. The van der Waals surface area contributed by atoms with E-state index >= 15 is 0 Å².